The molecule has 2 unspecified atom stereocenters. The zero-order valence-corrected chi connectivity index (χ0v) is 10.8. The molecule has 102 valence electrons. The quantitative estimate of drug-likeness (QED) is 0.806. The van der Waals surface area contributed by atoms with Crippen LogP contribution in [0.15, 0.2) is 17.3 Å². The SMILES string of the molecule is Cn1ncc2c(=O)n(CC(N)C3CCOC3)cnc21. The minimum Gasteiger partial charge on any atom is -0.381 e. The second-order valence-electron chi connectivity index (χ2n) is 5.00. The first-order valence-corrected chi connectivity index (χ1v) is 6.37. The molecule has 0 bridgehead atoms. The summed E-state index contributed by atoms with van der Waals surface area (Å²) in [6.45, 7) is 1.90. The molecule has 0 aliphatic carbocycles. The third-order valence-electron chi connectivity index (χ3n) is 3.70. The predicted octanol–water partition coefficient (Wildman–Crippen LogP) is -0.506. The van der Waals surface area contributed by atoms with Gasteiger partial charge < -0.3 is 10.5 Å². The van der Waals surface area contributed by atoms with E-state index in [-0.39, 0.29) is 11.6 Å². The third kappa shape index (κ3) is 2.15. The molecule has 1 aliphatic rings. The molecule has 2 aromatic heterocycles. The van der Waals surface area contributed by atoms with Crippen LogP contribution in [0.25, 0.3) is 11.0 Å². The van der Waals surface area contributed by atoms with Crippen LogP contribution >= 0.6 is 0 Å². The summed E-state index contributed by atoms with van der Waals surface area (Å²) in [6, 6.07) is -0.0869. The van der Waals surface area contributed by atoms with Gasteiger partial charge in [0.2, 0.25) is 0 Å². The van der Waals surface area contributed by atoms with Gasteiger partial charge in [-0.25, -0.2) is 4.98 Å². The normalized spacial score (nSPS) is 21.1. The Bertz CT molecular complexity index is 641. The van der Waals surface area contributed by atoms with Crippen molar-refractivity contribution in [3.05, 3.63) is 22.9 Å². The molecule has 7 heteroatoms. The van der Waals surface area contributed by atoms with Gasteiger partial charge in [-0.15, -0.1) is 0 Å². The fraction of sp³-hybridized carbons (Fsp3) is 0.583. The van der Waals surface area contributed by atoms with Gasteiger partial charge in [-0.2, -0.15) is 5.10 Å². The number of rotatable bonds is 3. The smallest absolute Gasteiger partial charge is 0.264 e. The van der Waals surface area contributed by atoms with E-state index in [4.69, 9.17) is 10.5 Å². The summed E-state index contributed by atoms with van der Waals surface area (Å²) in [5.74, 6) is 0.316. The number of nitrogens with two attached hydrogens (primary N) is 1. The molecule has 1 aliphatic heterocycles. The fourth-order valence-electron chi connectivity index (χ4n) is 2.46. The molecule has 0 amide bonds. The van der Waals surface area contributed by atoms with Gasteiger partial charge in [-0.1, -0.05) is 0 Å². The summed E-state index contributed by atoms with van der Waals surface area (Å²) in [5, 5.41) is 4.57. The molecule has 1 fully saturated rings. The van der Waals surface area contributed by atoms with Gasteiger partial charge in [0.25, 0.3) is 5.56 Å². The van der Waals surface area contributed by atoms with Gasteiger partial charge >= 0.3 is 0 Å². The Labute approximate surface area is 110 Å². The zero-order valence-electron chi connectivity index (χ0n) is 10.8. The van der Waals surface area contributed by atoms with Crippen LogP contribution in [-0.4, -0.2) is 38.6 Å². The molecule has 0 saturated carbocycles. The van der Waals surface area contributed by atoms with E-state index in [1.807, 2.05) is 0 Å². The van der Waals surface area contributed by atoms with Crippen molar-refractivity contribution in [2.24, 2.45) is 18.7 Å². The van der Waals surface area contributed by atoms with Crippen LogP contribution in [0.3, 0.4) is 0 Å². The molecule has 1 saturated heterocycles. The summed E-state index contributed by atoms with van der Waals surface area (Å²) in [6.07, 6.45) is 4.05. The maximum absolute atomic E-state index is 12.3. The van der Waals surface area contributed by atoms with Crippen LogP contribution in [0.4, 0.5) is 0 Å². The Hall–Kier alpha value is -1.73. The number of aryl methyl sites for hydroxylation is 1. The van der Waals surface area contributed by atoms with E-state index in [2.05, 4.69) is 10.1 Å². The van der Waals surface area contributed by atoms with E-state index < -0.39 is 0 Å². The van der Waals surface area contributed by atoms with Gasteiger partial charge in [0.15, 0.2) is 5.65 Å². The number of nitrogens with zero attached hydrogens (tertiary/aromatic N) is 4. The van der Waals surface area contributed by atoms with Crippen LogP contribution < -0.4 is 11.3 Å². The Kier molecular flexibility index (Phi) is 3.08. The average molecular weight is 263 g/mol. The first-order valence-electron chi connectivity index (χ1n) is 6.37. The fourth-order valence-corrected chi connectivity index (χ4v) is 2.46. The maximum Gasteiger partial charge on any atom is 0.264 e. The number of fused-ring (bicyclic) bond motifs is 1. The molecule has 7 nitrogen and oxygen atoms in total. The second kappa shape index (κ2) is 4.75. The molecule has 2 atom stereocenters. The lowest BCUT2D eigenvalue weighted by Crippen LogP contribution is -2.38. The molecule has 0 spiro atoms. The third-order valence-corrected chi connectivity index (χ3v) is 3.70. The van der Waals surface area contributed by atoms with Crippen LogP contribution in [0.2, 0.25) is 0 Å². The Balaban J connectivity index is 1.88. The Morgan fingerprint density at radius 1 is 1.63 bits per heavy atom. The van der Waals surface area contributed by atoms with E-state index in [1.54, 1.807) is 28.8 Å². The largest absolute Gasteiger partial charge is 0.381 e. The van der Waals surface area contributed by atoms with Gasteiger partial charge in [0.1, 0.15) is 11.7 Å². The highest BCUT2D eigenvalue weighted by Gasteiger charge is 2.23. The summed E-state index contributed by atoms with van der Waals surface area (Å²) in [5.41, 5.74) is 6.65. The highest BCUT2D eigenvalue weighted by molar-refractivity contribution is 5.72. The zero-order chi connectivity index (χ0) is 13.4. The summed E-state index contributed by atoms with van der Waals surface area (Å²) >= 11 is 0. The Morgan fingerprint density at radius 3 is 3.21 bits per heavy atom. The van der Waals surface area contributed by atoms with Crippen molar-refractivity contribution in [2.75, 3.05) is 13.2 Å². The van der Waals surface area contributed by atoms with Crippen LogP contribution in [-0.2, 0) is 18.3 Å². The molecule has 0 radical (unpaired) electrons. The van der Waals surface area contributed by atoms with Crippen molar-refractivity contribution in [1.82, 2.24) is 19.3 Å². The number of hydrogen-bond acceptors (Lipinski definition) is 5. The highest BCUT2D eigenvalue weighted by atomic mass is 16.5. The Morgan fingerprint density at radius 2 is 2.47 bits per heavy atom. The second-order valence-corrected chi connectivity index (χ2v) is 5.00. The monoisotopic (exact) mass is 263 g/mol. The first-order chi connectivity index (χ1) is 9.16. The van der Waals surface area contributed by atoms with Gasteiger partial charge in [0, 0.05) is 32.2 Å². The summed E-state index contributed by atoms with van der Waals surface area (Å²) in [7, 11) is 1.76. The average Bonchev–Trinajstić information content (AvgIpc) is 3.03. The summed E-state index contributed by atoms with van der Waals surface area (Å²) in [4.78, 5) is 16.5. The van der Waals surface area contributed by atoms with E-state index in [0.29, 0.717) is 30.1 Å². The van der Waals surface area contributed by atoms with Crippen molar-refractivity contribution in [1.29, 1.82) is 0 Å². The summed E-state index contributed by atoms with van der Waals surface area (Å²) < 4.78 is 8.47. The molecule has 19 heavy (non-hydrogen) atoms. The van der Waals surface area contributed by atoms with Crippen LogP contribution in [0.5, 0.6) is 0 Å². The van der Waals surface area contributed by atoms with Gasteiger partial charge in [-0.3, -0.25) is 14.0 Å². The molecule has 3 heterocycles. The first kappa shape index (κ1) is 12.3. The minimum absolute atomic E-state index is 0.0869. The van der Waals surface area contributed by atoms with E-state index in [0.717, 1.165) is 13.0 Å². The molecule has 2 N–H and O–H groups in total. The van der Waals surface area contributed by atoms with Crippen molar-refractivity contribution in [2.45, 2.75) is 19.0 Å². The van der Waals surface area contributed by atoms with Gasteiger partial charge in [0.05, 0.1) is 12.8 Å². The number of ether oxygens (including phenoxy) is 1. The van der Waals surface area contributed by atoms with Crippen molar-refractivity contribution < 1.29 is 4.74 Å². The maximum atomic E-state index is 12.3. The lowest BCUT2D eigenvalue weighted by atomic mass is 10.00. The highest BCUT2D eigenvalue weighted by Crippen LogP contribution is 2.16. The molecular formula is C12H17N5O2. The molecule has 3 rings (SSSR count). The standard InChI is InChI=1S/C12H17N5O2/c1-16-11-9(4-15-16)12(18)17(7-14-11)5-10(13)8-2-3-19-6-8/h4,7-8,10H,2-3,5-6,13H2,1H3. The number of hydrogen-bond donors (Lipinski definition) is 1. The molecule has 0 aromatic carbocycles. The predicted molar refractivity (Wildman–Crippen MR) is 69.7 cm³/mol. The van der Waals surface area contributed by atoms with Crippen LogP contribution in [0.1, 0.15) is 6.42 Å². The van der Waals surface area contributed by atoms with Crippen molar-refractivity contribution in [3.63, 3.8) is 0 Å². The van der Waals surface area contributed by atoms with E-state index in [1.165, 1.54) is 0 Å². The minimum atomic E-state index is -0.0903. The van der Waals surface area contributed by atoms with Crippen molar-refractivity contribution >= 4 is 11.0 Å². The van der Waals surface area contributed by atoms with Crippen molar-refractivity contribution in [3.8, 4) is 0 Å². The lowest BCUT2D eigenvalue weighted by Gasteiger charge is -2.18. The van der Waals surface area contributed by atoms with E-state index in [9.17, 15) is 4.79 Å². The molecular weight excluding hydrogens is 246 g/mol. The van der Waals surface area contributed by atoms with E-state index >= 15 is 0 Å². The lowest BCUT2D eigenvalue weighted by molar-refractivity contribution is 0.178. The van der Waals surface area contributed by atoms with Crippen LogP contribution in [0, 0.1) is 5.92 Å². The topological polar surface area (TPSA) is 88.0 Å². The van der Waals surface area contributed by atoms with Gasteiger partial charge in [-0.05, 0) is 6.42 Å². The molecule has 2 aromatic rings. The number of aromatic nitrogens is 4.